The van der Waals surface area contributed by atoms with E-state index in [2.05, 4.69) is 5.32 Å². The first-order valence-corrected chi connectivity index (χ1v) is 6.94. The van der Waals surface area contributed by atoms with Crippen LogP contribution in [0.5, 0.6) is 0 Å². The lowest BCUT2D eigenvalue weighted by molar-refractivity contribution is -0.141. The molecular weight excluding hydrogens is 248 g/mol. The number of carbonyl (C=O) groups excluding carboxylic acids is 1. The van der Waals surface area contributed by atoms with Gasteiger partial charge in [0.05, 0.1) is 6.10 Å². The van der Waals surface area contributed by atoms with Gasteiger partial charge in [-0.25, -0.2) is 9.59 Å². The first-order chi connectivity index (χ1) is 9.11. The summed E-state index contributed by atoms with van der Waals surface area (Å²) in [5, 5.41) is 12.1. The molecule has 2 aliphatic rings. The molecule has 1 saturated heterocycles. The molecule has 2 unspecified atom stereocenters. The molecule has 6 heteroatoms. The Morgan fingerprint density at radius 3 is 2.53 bits per heavy atom. The smallest absolute Gasteiger partial charge is 0.326 e. The highest BCUT2D eigenvalue weighted by Crippen LogP contribution is 2.22. The van der Waals surface area contributed by atoms with Crippen molar-refractivity contribution >= 4 is 12.0 Å². The van der Waals surface area contributed by atoms with Gasteiger partial charge < -0.3 is 20.1 Å². The number of urea groups is 1. The first-order valence-electron chi connectivity index (χ1n) is 6.94. The van der Waals surface area contributed by atoms with Crippen molar-refractivity contribution in [3.05, 3.63) is 0 Å². The van der Waals surface area contributed by atoms with Gasteiger partial charge in [0.25, 0.3) is 0 Å². The Labute approximate surface area is 113 Å². The number of likely N-dealkylation sites (tertiary alicyclic amines) is 1. The van der Waals surface area contributed by atoms with Gasteiger partial charge in [-0.3, -0.25) is 0 Å². The van der Waals surface area contributed by atoms with E-state index in [0.717, 1.165) is 25.7 Å². The van der Waals surface area contributed by atoms with E-state index in [-0.39, 0.29) is 18.2 Å². The van der Waals surface area contributed by atoms with Crippen LogP contribution in [0.4, 0.5) is 4.79 Å². The van der Waals surface area contributed by atoms with Crippen molar-refractivity contribution in [1.29, 1.82) is 0 Å². The molecule has 19 heavy (non-hydrogen) atoms. The van der Waals surface area contributed by atoms with Crippen LogP contribution in [0.25, 0.3) is 0 Å². The van der Waals surface area contributed by atoms with Gasteiger partial charge in [0, 0.05) is 26.1 Å². The lowest BCUT2D eigenvalue weighted by atomic mass is 9.96. The van der Waals surface area contributed by atoms with E-state index in [1.54, 1.807) is 7.11 Å². The molecule has 1 aliphatic carbocycles. The molecule has 0 bridgehead atoms. The lowest BCUT2D eigenvalue weighted by Gasteiger charge is -2.27. The molecule has 2 atom stereocenters. The van der Waals surface area contributed by atoms with Crippen LogP contribution >= 0.6 is 0 Å². The van der Waals surface area contributed by atoms with E-state index >= 15 is 0 Å². The molecule has 1 aliphatic heterocycles. The standard InChI is InChI=1S/C13H22N2O4/c1-19-10-7-11(12(16)17)15(8-10)13(18)14-9-5-3-2-4-6-9/h9-11H,2-8H2,1H3,(H,14,18)(H,16,17). The molecule has 0 radical (unpaired) electrons. The number of carbonyl (C=O) groups is 2. The van der Waals surface area contributed by atoms with Crippen LogP contribution in [0.3, 0.4) is 0 Å². The molecule has 6 nitrogen and oxygen atoms in total. The van der Waals surface area contributed by atoms with Crippen molar-refractivity contribution in [3.8, 4) is 0 Å². The van der Waals surface area contributed by atoms with Gasteiger partial charge in [-0.15, -0.1) is 0 Å². The highest BCUT2D eigenvalue weighted by Gasteiger charge is 2.40. The van der Waals surface area contributed by atoms with E-state index in [1.807, 2.05) is 0 Å². The number of nitrogens with one attached hydrogen (secondary N) is 1. The molecule has 2 N–H and O–H groups in total. The number of ether oxygens (including phenoxy) is 1. The molecule has 1 saturated carbocycles. The number of hydrogen-bond acceptors (Lipinski definition) is 3. The third kappa shape index (κ3) is 3.37. The minimum atomic E-state index is -0.960. The van der Waals surface area contributed by atoms with E-state index < -0.39 is 12.0 Å². The van der Waals surface area contributed by atoms with Crippen molar-refractivity contribution < 1.29 is 19.4 Å². The molecule has 108 valence electrons. The molecule has 2 amide bonds. The number of amides is 2. The first kappa shape index (κ1) is 14.1. The van der Waals surface area contributed by atoms with Gasteiger partial charge >= 0.3 is 12.0 Å². The number of carboxylic acid groups (broad SMARTS) is 1. The summed E-state index contributed by atoms with van der Waals surface area (Å²) in [4.78, 5) is 24.8. The number of rotatable bonds is 3. The third-order valence-electron chi connectivity index (χ3n) is 4.07. The number of nitrogens with zero attached hydrogens (tertiary/aromatic N) is 1. The number of carboxylic acids is 1. The van der Waals surface area contributed by atoms with E-state index in [9.17, 15) is 14.7 Å². The zero-order valence-corrected chi connectivity index (χ0v) is 11.3. The Bertz CT molecular complexity index is 342. The van der Waals surface area contributed by atoms with Gasteiger partial charge in [0.1, 0.15) is 6.04 Å². The second-order valence-electron chi connectivity index (χ2n) is 5.38. The molecule has 0 aromatic carbocycles. The van der Waals surface area contributed by atoms with Crippen LogP contribution in [0, 0.1) is 0 Å². The minimum Gasteiger partial charge on any atom is -0.480 e. The summed E-state index contributed by atoms with van der Waals surface area (Å²) in [6, 6.07) is -0.843. The van der Waals surface area contributed by atoms with Crippen molar-refractivity contribution in [2.75, 3.05) is 13.7 Å². The predicted molar refractivity (Wildman–Crippen MR) is 68.9 cm³/mol. The van der Waals surface area contributed by atoms with Gasteiger partial charge in [-0.2, -0.15) is 0 Å². The second kappa shape index (κ2) is 6.23. The topological polar surface area (TPSA) is 78.9 Å². The zero-order valence-electron chi connectivity index (χ0n) is 11.3. The second-order valence-corrected chi connectivity index (χ2v) is 5.38. The van der Waals surface area contributed by atoms with Crippen molar-refractivity contribution in [2.24, 2.45) is 0 Å². The van der Waals surface area contributed by atoms with Crippen LogP contribution in [0.1, 0.15) is 38.5 Å². The van der Waals surface area contributed by atoms with E-state index in [0.29, 0.717) is 13.0 Å². The van der Waals surface area contributed by atoms with Gasteiger partial charge in [-0.1, -0.05) is 19.3 Å². The summed E-state index contributed by atoms with van der Waals surface area (Å²) in [6.45, 7) is 0.353. The molecule has 2 fully saturated rings. The monoisotopic (exact) mass is 270 g/mol. The Hall–Kier alpha value is -1.30. The van der Waals surface area contributed by atoms with Crippen LogP contribution in [-0.4, -0.2) is 53.8 Å². The van der Waals surface area contributed by atoms with Crippen molar-refractivity contribution in [1.82, 2.24) is 10.2 Å². The Morgan fingerprint density at radius 1 is 1.26 bits per heavy atom. The Morgan fingerprint density at radius 2 is 1.95 bits per heavy atom. The maximum absolute atomic E-state index is 12.2. The highest BCUT2D eigenvalue weighted by atomic mass is 16.5. The molecule has 2 rings (SSSR count). The SMILES string of the molecule is COC1CC(C(=O)O)N(C(=O)NC2CCCCC2)C1. The number of aliphatic carboxylic acids is 1. The largest absolute Gasteiger partial charge is 0.480 e. The Balaban J connectivity index is 1.94. The fourth-order valence-corrected chi connectivity index (χ4v) is 2.93. The number of hydrogen-bond donors (Lipinski definition) is 2. The molecule has 0 aromatic rings. The maximum Gasteiger partial charge on any atom is 0.326 e. The average Bonchev–Trinajstić information content (AvgIpc) is 2.84. The number of methoxy groups -OCH3 is 1. The summed E-state index contributed by atoms with van der Waals surface area (Å²) in [7, 11) is 1.55. The molecule has 0 aromatic heterocycles. The van der Waals surface area contributed by atoms with Crippen molar-refractivity contribution in [2.45, 2.75) is 56.7 Å². The van der Waals surface area contributed by atoms with Crippen LogP contribution in [0.2, 0.25) is 0 Å². The molecular formula is C13H22N2O4. The normalized spacial score (nSPS) is 28.4. The summed E-state index contributed by atoms with van der Waals surface area (Å²) in [5.41, 5.74) is 0. The van der Waals surface area contributed by atoms with Crippen LogP contribution in [-0.2, 0) is 9.53 Å². The van der Waals surface area contributed by atoms with Gasteiger partial charge in [0.2, 0.25) is 0 Å². The maximum atomic E-state index is 12.2. The molecule has 1 heterocycles. The van der Waals surface area contributed by atoms with Crippen LogP contribution < -0.4 is 5.32 Å². The predicted octanol–water partition coefficient (Wildman–Crippen LogP) is 1.20. The highest BCUT2D eigenvalue weighted by molar-refractivity contribution is 5.83. The average molecular weight is 270 g/mol. The van der Waals surface area contributed by atoms with Crippen LogP contribution in [0.15, 0.2) is 0 Å². The fourth-order valence-electron chi connectivity index (χ4n) is 2.93. The third-order valence-corrected chi connectivity index (χ3v) is 4.07. The lowest BCUT2D eigenvalue weighted by Crippen LogP contribution is -2.49. The van der Waals surface area contributed by atoms with E-state index in [1.165, 1.54) is 11.3 Å². The fraction of sp³-hybridized carbons (Fsp3) is 0.846. The quantitative estimate of drug-likeness (QED) is 0.807. The molecule has 0 spiro atoms. The Kier molecular flexibility index (Phi) is 4.63. The summed E-state index contributed by atoms with van der Waals surface area (Å²) in [5.74, 6) is -0.960. The van der Waals surface area contributed by atoms with Gasteiger partial charge in [0.15, 0.2) is 0 Å². The summed E-state index contributed by atoms with van der Waals surface area (Å²) >= 11 is 0. The van der Waals surface area contributed by atoms with Crippen molar-refractivity contribution in [3.63, 3.8) is 0 Å². The minimum absolute atomic E-state index is 0.182. The van der Waals surface area contributed by atoms with Gasteiger partial charge in [-0.05, 0) is 12.8 Å². The summed E-state index contributed by atoms with van der Waals surface area (Å²) in [6.07, 6.45) is 5.65. The zero-order chi connectivity index (χ0) is 13.8. The summed E-state index contributed by atoms with van der Waals surface area (Å²) < 4.78 is 5.18. The van der Waals surface area contributed by atoms with E-state index in [4.69, 9.17) is 4.74 Å².